The van der Waals surface area contributed by atoms with Crippen LogP contribution >= 0.6 is 0 Å². The predicted molar refractivity (Wildman–Crippen MR) is 58.4 cm³/mol. The second-order valence-corrected chi connectivity index (χ2v) is 3.43. The molecule has 0 atom stereocenters. The number of hydrogen-bond acceptors (Lipinski definition) is 2. The Bertz CT molecular complexity index is 347. The Morgan fingerprint density at radius 2 is 2.00 bits per heavy atom. The molecule has 3 heteroatoms. The van der Waals surface area contributed by atoms with Crippen LogP contribution in [0.25, 0.3) is 0 Å². The van der Waals surface area contributed by atoms with Gasteiger partial charge in [0, 0.05) is 12.7 Å². The molecule has 76 valence electrons. The number of likely N-dealkylation sites (N-methyl/N-ethyl adjacent to an activating group) is 1. The summed E-state index contributed by atoms with van der Waals surface area (Å²) in [5.41, 5.74) is 8.58. The second kappa shape index (κ2) is 4.24. The summed E-state index contributed by atoms with van der Waals surface area (Å²) in [4.78, 5) is 12.9. The number of amides is 1. The van der Waals surface area contributed by atoms with Gasteiger partial charge in [0.15, 0.2) is 0 Å². The molecule has 3 nitrogen and oxygen atoms in total. The molecule has 0 heterocycles. The Hall–Kier alpha value is -1.35. The highest BCUT2D eigenvalue weighted by atomic mass is 16.2. The first-order valence-electron chi connectivity index (χ1n) is 4.60. The molecule has 0 radical (unpaired) electrons. The zero-order chi connectivity index (χ0) is 10.7. The maximum absolute atomic E-state index is 11.3. The number of rotatable bonds is 2. The molecule has 14 heavy (non-hydrogen) atoms. The lowest BCUT2D eigenvalue weighted by Crippen LogP contribution is -2.32. The van der Waals surface area contributed by atoms with Crippen molar-refractivity contribution in [3.8, 4) is 0 Å². The highest BCUT2D eigenvalue weighted by molar-refractivity contribution is 5.94. The van der Waals surface area contributed by atoms with Crippen molar-refractivity contribution in [2.45, 2.75) is 13.8 Å². The van der Waals surface area contributed by atoms with Gasteiger partial charge in [-0.1, -0.05) is 6.07 Å². The summed E-state index contributed by atoms with van der Waals surface area (Å²) in [7, 11) is 1.74. The van der Waals surface area contributed by atoms with Crippen molar-refractivity contribution in [3.05, 3.63) is 29.3 Å². The van der Waals surface area contributed by atoms with Crippen LogP contribution in [-0.2, 0) is 4.79 Å². The van der Waals surface area contributed by atoms with E-state index in [1.54, 1.807) is 11.9 Å². The van der Waals surface area contributed by atoms with Crippen LogP contribution in [0.3, 0.4) is 0 Å². The van der Waals surface area contributed by atoms with Crippen LogP contribution in [-0.4, -0.2) is 19.5 Å². The topological polar surface area (TPSA) is 46.3 Å². The van der Waals surface area contributed by atoms with Crippen LogP contribution in [0.1, 0.15) is 11.1 Å². The van der Waals surface area contributed by atoms with Crippen LogP contribution in [0.15, 0.2) is 18.2 Å². The molecule has 0 saturated heterocycles. The average molecular weight is 192 g/mol. The molecule has 2 N–H and O–H groups in total. The number of benzene rings is 1. The van der Waals surface area contributed by atoms with E-state index in [0.717, 1.165) is 5.69 Å². The fourth-order valence-corrected chi connectivity index (χ4v) is 1.22. The van der Waals surface area contributed by atoms with Gasteiger partial charge in [0.25, 0.3) is 0 Å². The van der Waals surface area contributed by atoms with Gasteiger partial charge < -0.3 is 10.6 Å². The van der Waals surface area contributed by atoms with Crippen LogP contribution in [0, 0.1) is 13.8 Å². The molecule has 0 fully saturated rings. The van der Waals surface area contributed by atoms with Crippen molar-refractivity contribution in [2.75, 3.05) is 18.5 Å². The fourth-order valence-electron chi connectivity index (χ4n) is 1.22. The summed E-state index contributed by atoms with van der Waals surface area (Å²) in [5, 5.41) is 0. The number of carbonyl (C=O) groups is 1. The molecule has 0 saturated carbocycles. The lowest BCUT2D eigenvalue weighted by atomic mass is 10.1. The van der Waals surface area contributed by atoms with Gasteiger partial charge in [-0.25, -0.2) is 0 Å². The zero-order valence-electron chi connectivity index (χ0n) is 8.87. The van der Waals surface area contributed by atoms with E-state index in [-0.39, 0.29) is 12.5 Å². The normalized spacial score (nSPS) is 10.0. The quantitative estimate of drug-likeness (QED) is 0.766. The van der Waals surface area contributed by atoms with Crippen molar-refractivity contribution in [2.24, 2.45) is 5.73 Å². The molecule has 0 aliphatic rings. The first kappa shape index (κ1) is 10.7. The Kier molecular flexibility index (Phi) is 3.25. The standard InChI is InChI=1S/C11H16N2O/c1-8-4-5-10(6-9(8)2)13(3)11(14)7-12/h4-6H,7,12H2,1-3H3. The molecular weight excluding hydrogens is 176 g/mol. The Balaban J connectivity index is 2.96. The van der Waals surface area contributed by atoms with Gasteiger partial charge in [0.1, 0.15) is 0 Å². The van der Waals surface area contributed by atoms with Gasteiger partial charge >= 0.3 is 0 Å². The lowest BCUT2D eigenvalue weighted by molar-refractivity contribution is -0.117. The molecule has 0 unspecified atom stereocenters. The molecule has 1 rings (SSSR count). The summed E-state index contributed by atoms with van der Waals surface area (Å²) in [5.74, 6) is -0.0757. The van der Waals surface area contributed by atoms with E-state index in [0.29, 0.717) is 0 Å². The highest BCUT2D eigenvalue weighted by Gasteiger charge is 2.08. The highest BCUT2D eigenvalue weighted by Crippen LogP contribution is 2.17. The average Bonchev–Trinajstić information content (AvgIpc) is 2.20. The smallest absolute Gasteiger partial charge is 0.240 e. The summed E-state index contributed by atoms with van der Waals surface area (Å²) < 4.78 is 0. The lowest BCUT2D eigenvalue weighted by Gasteiger charge is -2.17. The van der Waals surface area contributed by atoms with E-state index < -0.39 is 0 Å². The van der Waals surface area contributed by atoms with Gasteiger partial charge in [-0.15, -0.1) is 0 Å². The van der Waals surface area contributed by atoms with Crippen molar-refractivity contribution in [3.63, 3.8) is 0 Å². The zero-order valence-corrected chi connectivity index (χ0v) is 8.87. The minimum absolute atomic E-state index is 0.0451. The second-order valence-electron chi connectivity index (χ2n) is 3.43. The molecule has 1 aromatic rings. The first-order chi connectivity index (χ1) is 6.56. The summed E-state index contributed by atoms with van der Waals surface area (Å²) >= 11 is 0. The minimum Gasteiger partial charge on any atom is -0.322 e. The third kappa shape index (κ3) is 2.12. The van der Waals surface area contributed by atoms with Gasteiger partial charge in [0.05, 0.1) is 6.54 Å². The number of carbonyl (C=O) groups excluding carboxylic acids is 1. The Labute approximate surface area is 84.5 Å². The van der Waals surface area contributed by atoms with Crippen molar-refractivity contribution < 1.29 is 4.79 Å². The summed E-state index contributed by atoms with van der Waals surface area (Å²) in [6.45, 7) is 4.12. The third-order valence-electron chi connectivity index (χ3n) is 2.43. The molecular formula is C11H16N2O. The molecule has 0 bridgehead atoms. The number of anilines is 1. The predicted octanol–water partition coefficient (Wildman–Crippen LogP) is 1.22. The fraction of sp³-hybridized carbons (Fsp3) is 0.364. The molecule has 0 aliphatic carbocycles. The summed E-state index contributed by atoms with van der Waals surface area (Å²) in [6.07, 6.45) is 0. The van der Waals surface area contributed by atoms with E-state index in [4.69, 9.17) is 5.73 Å². The van der Waals surface area contributed by atoms with Gasteiger partial charge in [-0.2, -0.15) is 0 Å². The van der Waals surface area contributed by atoms with E-state index in [9.17, 15) is 4.79 Å². The minimum atomic E-state index is -0.0757. The monoisotopic (exact) mass is 192 g/mol. The van der Waals surface area contributed by atoms with Crippen molar-refractivity contribution in [1.82, 2.24) is 0 Å². The van der Waals surface area contributed by atoms with Crippen molar-refractivity contribution >= 4 is 11.6 Å². The van der Waals surface area contributed by atoms with Gasteiger partial charge in [0.2, 0.25) is 5.91 Å². The number of aryl methyl sites for hydroxylation is 2. The van der Waals surface area contributed by atoms with E-state index >= 15 is 0 Å². The maximum atomic E-state index is 11.3. The third-order valence-corrected chi connectivity index (χ3v) is 2.43. The van der Waals surface area contributed by atoms with Crippen LogP contribution in [0.5, 0.6) is 0 Å². The first-order valence-corrected chi connectivity index (χ1v) is 4.60. The SMILES string of the molecule is Cc1ccc(N(C)C(=O)CN)cc1C. The molecule has 1 amide bonds. The Morgan fingerprint density at radius 1 is 1.36 bits per heavy atom. The largest absolute Gasteiger partial charge is 0.322 e. The van der Waals surface area contributed by atoms with Gasteiger partial charge in [-0.3, -0.25) is 4.79 Å². The van der Waals surface area contributed by atoms with E-state index in [1.165, 1.54) is 11.1 Å². The summed E-state index contributed by atoms with van der Waals surface area (Å²) in [6, 6.07) is 5.92. The van der Waals surface area contributed by atoms with Gasteiger partial charge in [-0.05, 0) is 37.1 Å². The van der Waals surface area contributed by atoms with E-state index in [2.05, 4.69) is 0 Å². The molecule has 0 spiro atoms. The molecule has 1 aromatic carbocycles. The molecule has 0 aliphatic heterocycles. The van der Waals surface area contributed by atoms with E-state index in [1.807, 2.05) is 32.0 Å². The number of hydrogen-bond donors (Lipinski definition) is 1. The maximum Gasteiger partial charge on any atom is 0.240 e. The molecule has 0 aromatic heterocycles. The van der Waals surface area contributed by atoms with Crippen LogP contribution < -0.4 is 10.6 Å². The van der Waals surface area contributed by atoms with Crippen LogP contribution in [0.2, 0.25) is 0 Å². The van der Waals surface area contributed by atoms with Crippen molar-refractivity contribution in [1.29, 1.82) is 0 Å². The Morgan fingerprint density at radius 3 is 2.50 bits per heavy atom. The number of nitrogens with two attached hydrogens (primary N) is 1. The number of nitrogens with zero attached hydrogens (tertiary/aromatic N) is 1. The van der Waals surface area contributed by atoms with Crippen LogP contribution in [0.4, 0.5) is 5.69 Å².